The van der Waals surface area contributed by atoms with Gasteiger partial charge in [0.1, 0.15) is 5.92 Å². The fraction of sp³-hybridized carbons (Fsp3) is 0.667. The lowest BCUT2D eigenvalue weighted by Crippen LogP contribution is -2.38. The standard InChI is InChI=1S/C6H8F3N3O/c1-12-2-3(5(10)13)4(11-12)6(7,8)9/h3H,2H2,1H3,(H2,10,13). The van der Waals surface area contributed by atoms with Gasteiger partial charge in [-0.25, -0.2) is 0 Å². The number of hydrazone groups is 1. The van der Waals surface area contributed by atoms with Crippen LogP contribution in [0.2, 0.25) is 0 Å². The molecule has 1 heterocycles. The smallest absolute Gasteiger partial charge is 0.369 e. The molecule has 1 aliphatic heterocycles. The molecule has 7 heteroatoms. The molecule has 0 saturated carbocycles. The second kappa shape index (κ2) is 2.90. The number of amides is 1. The highest BCUT2D eigenvalue weighted by Crippen LogP contribution is 2.26. The summed E-state index contributed by atoms with van der Waals surface area (Å²) in [5.74, 6) is -2.34. The summed E-state index contributed by atoms with van der Waals surface area (Å²) in [4.78, 5) is 10.6. The van der Waals surface area contributed by atoms with E-state index in [1.54, 1.807) is 0 Å². The van der Waals surface area contributed by atoms with Gasteiger partial charge in [-0.2, -0.15) is 18.3 Å². The number of hydrogen-bond acceptors (Lipinski definition) is 3. The monoisotopic (exact) mass is 195 g/mol. The predicted molar refractivity (Wildman–Crippen MR) is 38.8 cm³/mol. The molecule has 0 aliphatic carbocycles. The summed E-state index contributed by atoms with van der Waals surface area (Å²) in [6, 6.07) is 0. The quantitative estimate of drug-likeness (QED) is 0.637. The average molecular weight is 195 g/mol. The summed E-state index contributed by atoms with van der Waals surface area (Å²) in [6.45, 7) is -0.107. The maximum absolute atomic E-state index is 12.2. The van der Waals surface area contributed by atoms with E-state index in [0.717, 1.165) is 5.01 Å². The van der Waals surface area contributed by atoms with Crippen molar-refractivity contribution in [2.45, 2.75) is 6.18 Å². The summed E-state index contributed by atoms with van der Waals surface area (Å²) in [5.41, 5.74) is 3.69. The molecule has 0 saturated heterocycles. The molecule has 0 radical (unpaired) electrons. The maximum Gasteiger partial charge on any atom is 0.432 e. The number of nitrogens with two attached hydrogens (primary N) is 1. The summed E-state index contributed by atoms with van der Waals surface area (Å²) < 4.78 is 36.5. The predicted octanol–water partition coefficient (Wildman–Crippen LogP) is -0.0484. The minimum atomic E-state index is -4.58. The number of carbonyl (C=O) groups excluding carboxylic acids is 1. The molecule has 0 spiro atoms. The van der Waals surface area contributed by atoms with E-state index in [2.05, 4.69) is 5.10 Å². The lowest BCUT2D eigenvalue weighted by molar-refractivity contribution is -0.121. The van der Waals surface area contributed by atoms with Gasteiger partial charge >= 0.3 is 6.18 Å². The Labute approximate surface area is 72.2 Å². The van der Waals surface area contributed by atoms with Gasteiger partial charge in [-0.3, -0.25) is 9.80 Å². The number of nitrogens with zero attached hydrogens (tertiary/aromatic N) is 2. The normalized spacial score (nSPS) is 23.2. The first-order valence-corrected chi connectivity index (χ1v) is 3.48. The minimum Gasteiger partial charge on any atom is -0.369 e. The molecule has 0 aromatic rings. The zero-order chi connectivity index (χ0) is 10.2. The van der Waals surface area contributed by atoms with E-state index >= 15 is 0 Å². The first-order chi connectivity index (χ1) is 5.82. The van der Waals surface area contributed by atoms with E-state index in [9.17, 15) is 18.0 Å². The van der Waals surface area contributed by atoms with Crippen LogP contribution >= 0.6 is 0 Å². The van der Waals surface area contributed by atoms with E-state index in [4.69, 9.17) is 5.73 Å². The van der Waals surface area contributed by atoms with E-state index < -0.39 is 23.7 Å². The molecule has 0 bridgehead atoms. The summed E-state index contributed by atoms with van der Waals surface area (Å²) >= 11 is 0. The van der Waals surface area contributed by atoms with Crippen LogP contribution in [-0.2, 0) is 4.79 Å². The Hall–Kier alpha value is -1.27. The number of alkyl halides is 3. The van der Waals surface area contributed by atoms with E-state index in [-0.39, 0.29) is 6.54 Å². The Kier molecular flexibility index (Phi) is 2.19. The van der Waals surface area contributed by atoms with Crippen molar-refractivity contribution in [1.82, 2.24) is 5.01 Å². The van der Waals surface area contributed by atoms with Crippen molar-refractivity contribution in [3.8, 4) is 0 Å². The fourth-order valence-corrected chi connectivity index (χ4v) is 1.12. The van der Waals surface area contributed by atoms with Gasteiger partial charge in [-0.1, -0.05) is 0 Å². The first-order valence-electron chi connectivity index (χ1n) is 3.48. The molecule has 1 rings (SSSR count). The van der Waals surface area contributed by atoms with Crippen LogP contribution < -0.4 is 5.73 Å². The molecular weight excluding hydrogens is 187 g/mol. The second-order valence-electron chi connectivity index (χ2n) is 2.78. The van der Waals surface area contributed by atoms with Gasteiger partial charge in [-0.05, 0) is 0 Å². The van der Waals surface area contributed by atoms with Crippen molar-refractivity contribution in [3.63, 3.8) is 0 Å². The van der Waals surface area contributed by atoms with Crippen LogP contribution in [0.25, 0.3) is 0 Å². The van der Waals surface area contributed by atoms with Gasteiger partial charge in [0.05, 0.1) is 6.54 Å². The van der Waals surface area contributed by atoms with Crippen molar-refractivity contribution in [2.75, 3.05) is 13.6 Å². The highest BCUT2D eigenvalue weighted by Gasteiger charge is 2.46. The topological polar surface area (TPSA) is 58.7 Å². The van der Waals surface area contributed by atoms with E-state index in [1.165, 1.54) is 7.05 Å². The Morgan fingerprint density at radius 2 is 2.23 bits per heavy atom. The van der Waals surface area contributed by atoms with Gasteiger partial charge in [-0.15, -0.1) is 0 Å². The Balaban J connectivity index is 2.93. The number of carbonyl (C=O) groups is 1. The third-order valence-corrected chi connectivity index (χ3v) is 1.69. The molecule has 0 aromatic heterocycles. The van der Waals surface area contributed by atoms with Crippen molar-refractivity contribution in [3.05, 3.63) is 0 Å². The molecule has 13 heavy (non-hydrogen) atoms. The zero-order valence-electron chi connectivity index (χ0n) is 6.80. The SMILES string of the molecule is CN1CC(C(N)=O)C(C(F)(F)F)=N1. The molecule has 4 nitrogen and oxygen atoms in total. The molecule has 1 amide bonds. The minimum absolute atomic E-state index is 0.107. The van der Waals surface area contributed by atoms with Crippen LogP contribution in [-0.4, -0.2) is 36.4 Å². The maximum atomic E-state index is 12.2. The third kappa shape index (κ3) is 1.90. The first kappa shape index (κ1) is 9.82. The highest BCUT2D eigenvalue weighted by molar-refractivity contribution is 6.07. The molecule has 1 unspecified atom stereocenters. The number of primary amides is 1. The number of rotatable bonds is 1. The summed E-state index contributed by atoms with van der Waals surface area (Å²) in [6.07, 6.45) is -4.58. The fourth-order valence-electron chi connectivity index (χ4n) is 1.12. The molecule has 1 atom stereocenters. The molecule has 1 aliphatic rings. The largest absolute Gasteiger partial charge is 0.432 e. The number of hydrogen-bond donors (Lipinski definition) is 1. The summed E-state index contributed by atoms with van der Waals surface area (Å²) in [5, 5.41) is 4.24. The van der Waals surface area contributed by atoms with E-state index in [0.29, 0.717) is 0 Å². The van der Waals surface area contributed by atoms with Crippen LogP contribution in [0.3, 0.4) is 0 Å². The van der Waals surface area contributed by atoms with Crippen molar-refractivity contribution < 1.29 is 18.0 Å². The van der Waals surface area contributed by atoms with E-state index in [1.807, 2.05) is 0 Å². The van der Waals surface area contributed by atoms with Crippen LogP contribution in [0.1, 0.15) is 0 Å². The number of halogens is 3. The van der Waals surface area contributed by atoms with Gasteiger partial charge in [0.25, 0.3) is 0 Å². The van der Waals surface area contributed by atoms with Crippen LogP contribution in [0.15, 0.2) is 5.10 Å². The Bertz CT molecular complexity index is 260. The molecule has 2 N–H and O–H groups in total. The lowest BCUT2D eigenvalue weighted by atomic mass is 10.0. The molecule has 0 aromatic carbocycles. The van der Waals surface area contributed by atoms with Crippen molar-refractivity contribution in [1.29, 1.82) is 0 Å². The molecule has 0 fully saturated rings. The van der Waals surface area contributed by atoms with Crippen LogP contribution in [0, 0.1) is 5.92 Å². The zero-order valence-corrected chi connectivity index (χ0v) is 6.80. The lowest BCUT2D eigenvalue weighted by Gasteiger charge is -2.10. The molecule has 74 valence electrons. The molecular formula is C6H8F3N3O. The van der Waals surface area contributed by atoms with Crippen LogP contribution in [0.4, 0.5) is 13.2 Å². The Morgan fingerprint density at radius 1 is 1.69 bits per heavy atom. The van der Waals surface area contributed by atoms with Crippen molar-refractivity contribution in [2.24, 2.45) is 16.8 Å². The van der Waals surface area contributed by atoms with Gasteiger partial charge < -0.3 is 5.73 Å². The average Bonchev–Trinajstić information content (AvgIpc) is 2.29. The third-order valence-electron chi connectivity index (χ3n) is 1.69. The second-order valence-corrected chi connectivity index (χ2v) is 2.78. The van der Waals surface area contributed by atoms with Crippen LogP contribution in [0.5, 0.6) is 0 Å². The Morgan fingerprint density at radius 3 is 2.54 bits per heavy atom. The summed E-state index contributed by atoms with van der Waals surface area (Å²) in [7, 11) is 1.36. The van der Waals surface area contributed by atoms with Gasteiger partial charge in [0.15, 0.2) is 5.71 Å². The highest BCUT2D eigenvalue weighted by atomic mass is 19.4. The van der Waals surface area contributed by atoms with Gasteiger partial charge in [0, 0.05) is 7.05 Å². The van der Waals surface area contributed by atoms with Gasteiger partial charge in [0.2, 0.25) is 5.91 Å². The van der Waals surface area contributed by atoms with Crippen molar-refractivity contribution >= 4 is 11.6 Å².